The van der Waals surface area contributed by atoms with Crippen LogP contribution in [0.5, 0.6) is 0 Å². The van der Waals surface area contributed by atoms with Crippen LogP contribution in [0.3, 0.4) is 0 Å². The number of benzene rings is 2. The maximum atomic E-state index is 11.5. The first kappa shape index (κ1) is 21.8. The molecule has 2 rings (SSSR count). The van der Waals surface area contributed by atoms with Gasteiger partial charge in [-0.05, 0) is 18.1 Å². The van der Waals surface area contributed by atoms with Gasteiger partial charge in [0.25, 0.3) is 0 Å². The highest BCUT2D eigenvalue weighted by atomic mass is 28.3. The summed E-state index contributed by atoms with van der Waals surface area (Å²) in [6.07, 6.45) is -2.43. The smallest absolute Gasteiger partial charge is 0.106 e. The highest BCUT2D eigenvalue weighted by Crippen LogP contribution is 2.36. The number of hydrogen-bond donors (Lipinski definition) is 3. The lowest BCUT2D eigenvalue weighted by Gasteiger charge is -2.45. The van der Waals surface area contributed by atoms with Crippen LogP contribution in [0.15, 0.2) is 60.7 Å². The van der Waals surface area contributed by atoms with Crippen LogP contribution in [-0.4, -0.2) is 40.8 Å². The summed E-state index contributed by atoms with van der Waals surface area (Å²) in [7, 11) is -2.28. The van der Waals surface area contributed by atoms with Gasteiger partial charge in [0, 0.05) is 6.42 Å². The molecule has 0 amide bonds. The van der Waals surface area contributed by atoms with Gasteiger partial charge in [-0.2, -0.15) is 0 Å². The number of aliphatic hydroxyl groups is 3. The van der Waals surface area contributed by atoms with Crippen molar-refractivity contribution in [3.63, 3.8) is 0 Å². The fourth-order valence-corrected chi connectivity index (χ4v) is 5.17. The molecule has 4 atom stereocenters. The van der Waals surface area contributed by atoms with Crippen molar-refractivity contribution in [2.75, 3.05) is 0 Å². The maximum absolute atomic E-state index is 11.5. The molecule has 2 aromatic rings. The van der Waals surface area contributed by atoms with Gasteiger partial charge in [0.05, 0.1) is 32.1 Å². The van der Waals surface area contributed by atoms with Crippen molar-refractivity contribution in [1.29, 1.82) is 0 Å². The molecule has 0 saturated heterocycles. The Morgan fingerprint density at radius 1 is 0.926 bits per heavy atom. The van der Waals surface area contributed by atoms with E-state index in [0.29, 0.717) is 6.61 Å². The van der Waals surface area contributed by atoms with Gasteiger partial charge in [-0.15, -0.1) is 0 Å². The van der Waals surface area contributed by atoms with E-state index < -0.39 is 31.6 Å². The largest absolute Gasteiger partial charge is 0.391 e. The van der Waals surface area contributed by atoms with Crippen molar-refractivity contribution in [3.8, 4) is 0 Å². The average Bonchev–Trinajstić information content (AvgIpc) is 2.66. The van der Waals surface area contributed by atoms with Crippen LogP contribution in [0, 0.1) is 0 Å². The van der Waals surface area contributed by atoms with Crippen molar-refractivity contribution in [3.05, 3.63) is 71.8 Å². The third-order valence-corrected chi connectivity index (χ3v) is 8.37. The van der Waals surface area contributed by atoms with Gasteiger partial charge in [0.15, 0.2) is 0 Å². The van der Waals surface area contributed by atoms with E-state index in [0.717, 1.165) is 11.1 Å². The topological polar surface area (TPSA) is 69.9 Å². The molecule has 27 heavy (non-hydrogen) atoms. The van der Waals surface area contributed by atoms with Gasteiger partial charge in [-0.3, -0.25) is 0 Å². The molecule has 5 heteroatoms. The minimum absolute atomic E-state index is 0.0763. The molecule has 0 bridgehead atoms. The van der Waals surface area contributed by atoms with Gasteiger partial charge in [0.1, 0.15) is 6.10 Å². The number of hydrogen-bond acceptors (Lipinski definition) is 4. The van der Waals surface area contributed by atoms with E-state index in [4.69, 9.17) is 4.74 Å². The van der Waals surface area contributed by atoms with Crippen LogP contribution in [-0.2, 0) is 11.3 Å². The molecule has 2 aromatic carbocycles. The van der Waals surface area contributed by atoms with Crippen molar-refractivity contribution < 1.29 is 20.1 Å². The molecule has 0 aromatic heterocycles. The van der Waals surface area contributed by atoms with Crippen LogP contribution < -0.4 is 0 Å². The monoisotopic (exact) mass is 388 g/mol. The second-order valence-corrected chi connectivity index (χ2v) is 13.6. The second-order valence-electron chi connectivity index (χ2n) is 8.25. The van der Waals surface area contributed by atoms with E-state index >= 15 is 0 Å². The lowest BCUT2D eigenvalue weighted by molar-refractivity contribution is -0.121. The lowest BCUT2D eigenvalue weighted by Crippen LogP contribution is -2.63. The molecule has 3 N–H and O–H groups in total. The predicted molar refractivity (Wildman–Crippen MR) is 111 cm³/mol. The van der Waals surface area contributed by atoms with Crippen LogP contribution >= 0.6 is 0 Å². The Morgan fingerprint density at radius 2 is 1.44 bits per heavy atom. The molecule has 0 unspecified atom stereocenters. The molecular weight excluding hydrogens is 356 g/mol. The summed E-state index contributed by atoms with van der Waals surface area (Å²) in [4.78, 5) is 0. The standard InChI is InChI=1S/C22H32O4Si/c1-17(26-16-18-11-7-5-8-12-18)21(24)22(25,27(2,3)4)15-20(23)19-13-9-6-10-14-19/h5-14,17,20-21,23-25H,15-16H2,1-4H3/t17-,20+,21-,22-/m0/s1. The Labute approximate surface area is 163 Å². The minimum atomic E-state index is -2.28. The SMILES string of the molecule is C[C@H](OCc1ccccc1)[C@H](O)[C@](O)(C[C@@H](O)c1ccccc1)[Si](C)(C)C. The second kappa shape index (κ2) is 9.13. The quantitative estimate of drug-likeness (QED) is 0.573. The molecule has 0 aliphatic carbocycles. The first-order chi connectivity index (χ1) is 12.6. The van der Waals surface area contributed by atoms with Gasteiger partial charge >= 0.3 is 0 Å². The molecule has 0 heterocycles. The molecule has 0 fully saturated rings. The Kier molecular flexibility index (Phi) is 7.37. The van der Waals surface area contributed by atoms with E-state index in [1.54, 1.807) is 6.92 Å². The first-order valence-electron chi connectivity index (χ1n) is 9.44. The molecular formula is C22H32O4Si. The van der Waals surface area contributed by atoms with E-state index in [-0.39, 0.29) is 6.42 Å². The van der Waals surface area contributed by atoms with Gasteiger partial charge in [-0.25, -0.2) is 0 Å². The third kappa shape index (κ3) is 5.50. The fraction of sp³-hybridized carbons (Fsp3) is 0.455. The molecule has 148 valence electrons. The number of aliphatic hydroxyl groups excluding tert-OH is 2. The fourth-order valence-electron chi connectivity index (χ4n) is 3.24. The van der Waals surface area contributed by atoms with E-state index in [1.807, 2.05) is 80.3 Å². The number of rotatable bonds is 9. The molecule has 0 aliphatic heterocycles. The summed E-state index contributed by atoms with van der Waals surface area (Å²) in [5.74, 6) is 0. The summed E-state index contributed by atoms with van der Waals surface area (Å²) < 4.78 is 5.85. The highest BCUT2D eigenvalue weighted by Gasteiger charge is 2.50. The van der Waals surface area contributed by atoms with Crippen LogP contribution in [0.2, 0.25) is 19.6 Å². The Bertz CT molecular complexity index is 686. The predicted octanol–water partition coefficient (Wildman–Crippen LogP) is 3.68. The highest BCUT2D eigenvalue weighted by molar-refractivity contribution is 6.79. The van der Waals surface area contributed by atoms with Gasteiger partial charge in [-0.1, -0.05) is 80.3 Å². The van der Waals surface area contributed by atoms with Gasteiger partial charge < -0.3 is 20.1 Å². The van der Waals surface area contributed by atoms with Crippen LogP contribution in [0.1, 0.15) is 30.6 Å². The van der Waals surface area contributed by atoms with E-state index in [2.05, 4.69) is 0 Å². The Hall–Kier alpha value is -1.50. The van der Waals surface area contributed by atoms with Gasteiger partial charge in [0.2, 0.25) is 0 Å². The zero-order valence-electron chi connectivity index (χ0n) is 16.7. The Morgan fingerprint density at radius 3 is 1.96 bits per heavy atom. The summed E-state index contributed by atoms with van der Waals surface area (Å²) in [5.41, 5.74) is 1.75. The zero-order chi connectivity index (χ0) is 20.1. The molecule has 0 saturated carbocycles. The number of ether oxygens (including phenoxy) is 1. The van der Waals surface area contributed by atoms with Crippen molar-refractivity contribution in [1.82, 2.24) is 0 Å². The summed E-state index contributed by atoms with van der Waals surface area (Å²) >= 11 is 0. The van der Waals surface area contributed by atoms with Crippen LogP contribution in [0.25, 0.3) is 0 Å². The summed E-state index contributed by atoms with van der Waals surface area (Å²) in [6, 6.07) is 19.0. The zero-order valence-corrected chi connectivity index (χ0v) is 17.7. The summed E-state index contributed by atoms with van der Waals surface area (Å²) in [6.45, 7) is 8.13. The lowest BCUT2D eigenvalue weighted by atomic mass is 9.97. The van der Waals surface area contributed by atoms with E-state index in [9.17, 15) is 15.3 Å². The van der Waals surface area contributed by atoms with Crippen LogP contribution in [0.4, 0.5) is 0 Å². The molecule has 0 aliphatic rings. The minimum Gasteiger partial charge on any atom is -0.391 e. The first-order valence-corrected chi connectivity index (χ1v) is 12.9. The molecule has 4 nitrogen and oxygen atoms in total. The normalized spacial score (nSPS) is 17.7. The van der Waals surface area contributed by atoms with Crippen molar-refractivity contribution in [2.45, 2.75) is 63.1 Å². The van der Waals surface area contributed by atoms with Crippen molar-refractivity contribution in [2.24, 2.45) is 0 Å². The third-order valence-electron chi connectivity index (χ3n) is 5.28. The summed E-state index contributed by atoms with van der Waals surface area (Å²) in [5, 5.41) is 31.8. The average molecular weight is 389 g/mol. The van der Waals surface area contributed by atoms with Crippen molar-refractivity contribution >= 4 is 8.07 Å². The maximum Gasteiger partial charge on any atom is 0.106 e. The van der Waals surface area contributed by atoms with E-state index in [1.165, 1.54) is 0 Å². The molecule has 0 spiro atoms. The molecule has 0 radical (unpaired) electrons. The Balaban J connectivity index is 2.13.